The Hall–Kier alpha value is -0.170. The second-order valence-electron chi connectivity index (χ2n) is 5.75. The van der Waals surface area contributed by atoms with E-state index in [1.807, 2.05) is 13.8 Å². The zero-order valence-corrected chi connectivity index (χ0v) is 13.7. The summed E-state index contributed by atoms with van der Waals surface area (Å²) in [6, 6.07) is 0.618. The average molecular weight is 291 g/mol. The lowest BCUT2D eigenvalue weighted by Crippen LogP contribution is -2.55. The van der Waals surface area contributed by atoms with Gasteiger partial charge in [-0.15, -0.1) is 0 Å². The van der Waals surface area contributed by atoms with Gasteiger partial charge in [-0.1, -0.05) is 20.8 Å². The van der Waals surface area contributed by atoms with Crippen molar-refractivity contribution in [3.05, 3.63) is 0 Å². The SMILES string of the molecule is CCN1CCN(S(=O)(=O)C(C)CNC(C)C)CC1C. The molecule has 2 atom stereocenters. The molecule has 0 saturated carbocycles. The molecule has 0 amide bonds. The summed E-state index contributed by atoms with van der Waals surface area (Å²) in [6.07, 6.45) is 0. The van der Waals surface area contributed by atoms with Crippen molar-refractivity contribution >= 4 is 10.0 Å². The first-order valence-corrected chi connectivity index (χ1v) is 8.75. The van der Waals surface area contributed by atoms with Gasteiger partial charge in [-0.25, -0.2) is 8.42 Å². The Labute approximate surface area is 118 Å². The topological polar surface area (TPSA) is 52.7 Å². The smallest absolute Gasteiger partial charge is 0.218 e. The third-order valence-corrected chi connectivity index (χ3v) is 6.05. The van der Waals surface area contributed by atoms with Crippen LogP contribution in [0.5, 0.6) is 0 Å². The van der Waals surface area contributed by atoms with Crippen molar-refractivity contribution in [1.29, 1.82) is 0 Å². The third kappa shape index (κ3) is 4.41. The van der Waals surface area contributed by atoms with Crippen LogP contribution in [0.4, 0.5) is 0 Å². The van der Waals surface area contributed by atoms with Gasteiger partial charge in [0, 0.05) is 38.3 Å². The van der Waals surface area contributed by atoms with E-state index < -0.39 is 10.0 Å². The van der Waals surface area contributed by atoms with E-state index in [4.69, 9.17) is 0 Å². The fourth-order valence-corrected chi connectivity index (χ4v) is 4.00. The molecule has 1 aliphatic heterocycles. The van der Waals surface area contributed by atoms with E-state index in [2.05, 4.69) is 24.1 Å². The summed E-state index contributed by atoms with van der Waals surface area (Å²) in [5, 5.41) is 2.84. The van der Waals surface area contributed by atoms with Crippen molar-refractivity contribution in [2.45, 2.75) is 52.0 Å². The number of hydrogen-bond acceptors (Lipinski definition) is 4. The van der Waals surface area contributed by atoms with Crippen molar-refractivity contribution in [3.8, 4) is 0 Å². The van der Waals surface area contributed by atoms with Gasteiger partial charge in [0.1, 0.15) is 0 Å². The highest BCUT2D eigenvalue weighted by atomic mass is 32.2. The number of likely N-dealkylation sites (N-methyl/N-ethyl adjacent to an activating group) is 1. The van der Waals surface area contributed by atoms with Crippen molar-refractivity contribution < 1.29 is 8.42 Å². The second-order valence-corrected chi connectivity index (χ2v) is 8.11. The van der Waals surface area contributed by atoms with E-state index in [1.54, 1.807) is 11.2 Å². The number of nitrogens with one attached hydrogen (secondary N) is 1. The maximum Gasteiger partial charge on any atom is 0.218 e. The Morgan fingerprint density at radius 2 is 1.89 bits per heavy atom. The van der Waals surface area contributed by atoms with Gasteiger partial charge in [-0.05, 0) is 20.4 Å². The monoisotopic (exact) mass is 291 g/mol. The molecule has 0 bridgehead atoms. The van der Waals surface area contributed by atoms with Gasteiger partial charge in [-0.3, -0.25) is 4.90 Å². The minimum atomic E-state index is -3.18. The number of nitrogens with zero attached hydrogens (tertiary/aromatic N) is 2. The minimum Gasteiger partial charge on any atom is -0.313 e. The lowest BCUT2D eigenvalue weighted by Gasteiger charge is -2.39. The first-order chi connectivity index (χ1) is 8.78. The summed E-state index contributed by atoms with van der Waals surface area (Å²) in [5.41, 5.74) is 0. The molecular weight excluding hydrogens is 262 g/mol. The molecule has 1 fully saturated rings. The Morgan fingerprint density at radius 1 is 1.26 bits per heavy atom. The third-order valence-electron chi connectivity index (χ3n) is 3.82. The average Bonchev–Trinajstić information content (AvgIpc) is 2.35. The quantitative estimate of drug-likeness (QED) is 0.784. The lowest BCUT2D eigenvalue weighted by atomic mass is 10.2. The van der Waals surface area contributed by atoms with Gasteiger partial charge in [0.05, 0.1) is 5.25 Å². The summed E-state index contributed by atoms with van der Waals surface area (Å²) in [7, 11) is -3.18. The molecule has 5 nitrogen and oxygen atoms in total. The zero-order valence-electron chi connectivity index (χ0n) is 12.9. The van der Waals surface area contributed by atoms with Gasteiger partial charge >= 0.3 is 0 Å². The number of rotatable bonds is 6. The molecule has 0 aliphatic carbocycles. The minimum absolute atomic E-state index is 0.304. The maximum atomic E-state index is 12.5. The highest BCUT2D eigenvalue weighted by Gasteiger charge is 2.33. The van der Waals surface area contributed by atoms with Gasteiger partial charge in [0.25, 0.3) is 0 Å². The first kappa shape index (κ1) is 16.9. The highest BCUT2D eigenvalue weighted by molar-refractivity contribution is 7.89. The van der Waals surface area contributed by atoms with Crippen LogP contribution in [0.2, 0.25) is 0 Å². The van der Waals surface area contributed by atoms with E-state index in [-0.39, 0.29) is 5.25 Å². The molecule has 1 rings (SSSR count). The van der Waals surface area contributed by atoms with E-state index in [0.717, 1.165) is 13.1 Å². The molecule has 6 heteroatoms. The summed E-state index contributed by atoms with van der Waals surface area (Å²) in [6.45, 7) is 13.6. The molecule has 1 aliphatic rings. The molecule has 1 N–H and O–H groups in total. The van der Waals surface area contributed by atoms with Crippen LogP contribution in [-0.2, 0) is 10.0 Å². The second kappa shape index (κ2) is 7.02. The predicted molar refractivity (Wildman–Crippen MR) is 79.8 cm³/mol. The van der Waals surface area contributed by atoms with Crippen molar-refractivity contribution in [3.63, 3.8) is 0 Å². The van der Waals surface area contributed by atoms with Crippen LogP contribution in [0.1, 0.15) is 34.6 Å². The normalized spacial score (nSPS) is 24.8. The van der Waals surface area contributed by atoms with Crippen molar-refractivity contribution in [2.24, 2.45) is 0 Å². The van der Waals surface area contributed by atoms with Gasteiger partial charge in [0.2, 0.25) is 10.0 Å². The molecule has 0 aromatic carbocycles. The molecule has 1 heterocycles. The molecular formula is C13H29N3O2S. The Morgan fingerprint density at radius 3 is 2.37 bits per heavy atom. The molecule has 0 aromatic rings. The van der Waals surface area contributed by atoms with E-state index in [9.17, 15) is 8.42 Å². The fraction of sp³-hybridized carbons (Fsp3) is 1.00. The van der Waals surface area contributed by atoms with Crippen LogP contribution in [0.15, 0.2) is 0 Å². The van der Waals surface area contributed by atoms with E-state index >= 15 is 0 Å². The Balaban J connectivity index is 2.63. The van der Waals surface area contributed by atoms with E-state index in [1.165, 1.54) is 0 Å². The van der Waals surface area contributed by atoms with Crippen LogP contribution >= 0.6 is 0 Å². The Kier molecular flexibility index (Phi) is 6.23. The molecule has 1 saturated heterocycles. The summed E-state index contributed by atoms with van der Waals surface area (Å²) in [5.74, 6) is 0. The number of piperazine rings is 1. The van der Waals surface area contributed by atoms with Crippen molar-refractivity contribution in [2.75, 3.05) is 32.7 Å². The summed E-state index contributed by atoms with van der Waals surface area (Å²) < 4.78 is 26.7. The van der Waals surface area contributed by atoms with Crippen LogP contribution in [0, 0.1) is 0 Å². The summed E-state index contributed by atoms with van der Waals surface area (Å²) >= 11 is 0. The van der Waals surface area contributed by atoms with Crippen LogP contribution in [0.25, 0.3) is 0 Å². The van der Waals surface area contributed by atoms with E-state index in [0.29, 0.717) is 31.7 Å². The van der Waals surface area contributed by atoms with Gasteiger partial charge in [-0.2, -0.15) is 4.31 Å². The highest BCUT2D eigenvalue weighted by Crippen LogP contribution is 2.16. The lowest BCUT2D eigenvalue weighted by molar-refractivity contribution is 0.135. The summed E-state index contributed by atoms with van der Waals surface area (Å²) in [4.78, 5) is 2.32. The molecule has 0 spiro atoms. The van der Waals surface area contributed by atoms with Crippen LogP contribution in [0.3, 0.4) is 0 Å². The number of hydrogen-bond donors (Lipinski definition) is 1. The molecule has 0 radical (unpaired) electrons. The van der Waals surface area contributed by atoms with Gasteiger partial charge < -0.3 is 5.32 Å². The predicted octanol–water partition coefficient (Wildman–Crippen LogP) is 0.729. The molecule has 2 unspecified atom stereocenters. The molecule has 19 heavy (non-hydrogen) atoms. The maximum absolute atomic E-state index is 12.5. The fourth-order valence-electron chi connectivity index (χ4n) is 2.42. The number of sulfonamides is 1. The molecule has 114 valence electrons. The standard InChI is InChI=1S/C13H29N3O2S/c1-6-15-7-8-16(10-12(15)4)19(17,18)13(5)9-14-11(2)3/h11-14H,6-10H2,1-5H3. The molecule has 0 aromatic heterocycles. The zero-order chi connectivity index (χ0) is 14.6. The largest absolute Gasteiger partial charge is 0.313 e. The Bertz CT molecular complexity index is 370. The first-order valence-electron chi connectivity index (χ1n) is 7.25. The van der Waals surface area contributed by atoms with Crippen LogP contribution in [-0.4, -0.2) is 67.7 Å². The van der Waals surface area contributed by atoms with Crippen LogP contribution < -0.4 is 5.32 Å². The van der Waals surface area contributed by atoms with Crippen molar-refractivity contribution in [1.82, 2.24) is 14.5 Å². The van der Waals surface area contributed by atoms with Gasteiger partial charge in [0.15, 0.2) is 0 Å².